The van der Waals surface area contributed by atoms with Crippen LogP contribution in [0.4, 0.5) is 5.69 Å². The van der Waals surface area contributed by atoms with E-state index in [1.807, 2.05) is 26.0 Å². The van der Waals surface area contributed by atoms with Crippen LogP contribution in [0, 0.1) is 0 Å². The van der Waals surface area contributed by atoms with Crippen molar-refractivity contribution in [2.24, 2.45) is 0 Å². The molecule has 0 fully saturated rings. The molecule has 2 aromatic rings. The molecule has 1 heterocycles. The molecule has 1 aliphatic heterocycles. The van der Waals surface area contributed by atoms with Crippen molar-refractivity contribution in [1.29, 1.82) is 0 Å². The highest BCUT2D eigenvalue weighted by Gasteiger charge is 2.32. The van der Waals surface area contributed by atoms with E-state index in [9.17, 15) is 18.0 Å². The highest BCUT2D eigenvalue weighted by molar-refractivity contribution is 7.92. The van der Waals surface area contributed by atoms with Gasteiger partial charge in [0.15, 0.2) is 12.4 Å². The zero-order chi connectivity index (χ0) is 20.5. The van der Waals surface area contributed by atoms with Crippen molar-refractivity contribution in [2.75, 3.05) is 17.2 Å². The van der Waals surface area contributed by atoms with Gasteiger partial charge in [-0.2, -0.15) is 0 Å². The Labute approximate surface area is 165 Å². The first-order chi connectivity index (χ1) is 13.2. The highest BCUT2D eigenvalue weighted by atomic mass is 32.2. The number of hydrogen-bond donors (Lipinski definition) is 0. The molecule has 6 nitrogen and oxygen atoms in total. The summed E-state index contributed by atoms with van der Waals surface area (Å²) >= 11 is 0. The molecule has 148 valence electrons. The molecule has 1 atom stereocenters. The normalized spacial score (nSPS) is 16.0. The van der Waals surface area contributed by atoms with E-state index in [0.717, 1.165) is 17.5 Å². The molecule has 0 bridgehead atoms. The highest BCUT2D eigenvalue weighted by Crippen LogP contribution is 2.34. The largest absolute Gasteiger partial charge is 0.454 e. The number of esters is 1. The third-order valence-electron chi connectivity index (χ3n) is 4.84. The molecule has 0 spiro atoms. The van der Waals surface area contributed by atoms with Gasteiger partial charge in [0.1, 0.15) is 0 Å². The summed E-state index contributed by atoms with van der Waals surface area (Å²) in [6.07, 6.45) is 2.58. The topological polar surface area (TPSA) is 80.8 Å². The predicted octanol–water partition coefficient (Wildman–Crippen LogP) is 3.00. The number of hydrogen-bond acceptors (Lipinski definition) is 5. The minimum Gasteiger partial charge on any atom is -0.454 e. The van der Waals surface area contributed by atoms with Crippen molar-refractivity contribution in [1.82, 2.24) is 0 Å². The van der Waals surface area contributed by atoms with E-state index >= 15 is 0 Å². The molecular weight excluding hydrogens is 378 g/mol. The third-order valence-corrected chi connectivity index (χ3v) is 6.12. The van der Waals surface area contributed by atoms with Gasteiger partial charge in [0.2, 0.25) is 10.0 Å². The van der Waals surface area contributed by atoms with Gasteiger partial charge >= 0.3 is 5.97 Å². The molecule has 0 saturated carbocycles. The third kappa shape index (κ3) is 4.09. The lowest BCUT2D eigenvalue weighted by Gasteiger charge is -2.21. The van der Waals surface area contributed by atoms with Gasteiger partial charge in [0.05, 0.1) is 17.5 Å². The van der Waals surface area contributed by atoms with Crippen molar-refractivity contribution in [2.45, 2.75) is 32.7 Å². The van der Waals surface area contributed by atoms with Crippen LogP contribution in [0.15, 0.2) is 42.5 Å². The van der Waals surface area contributed by atoms with Gasteiger partial charge in [-0.05, 0) is 61.2 Å². The number of sulfonamides is 1. The van der Waals surface area contributed by atoms with Gasteiger partial charge in [-0.15, -0.1) is 0 Å². The molecule has 0 amide bonds. The molecule has 1 aliphatic rings. The monoisotopic (exact) mass is 401 g/mol. The maximum Gasteiger partial charge on any atom is 0.338 e. The number of aryl methyl sites for hydroxylation is 1. The molecule has 2 aromatic carbocycles. The SMILES string of the molecule is CCc1ccc(C(=O)OCC(=O)c2ccc3c(c2)C[C@@H](C)N3S(C)(=O)=O)cc1. The van der Waals surface area contributed by atoms with Crippen molar-refractivity contribution < 1.29 is 22.7 Å². The summed E-state index contributed by atoms with van der Waals surface area (Å²) in [5.74, 6) is -0.874. The minimum absolute atomic E-state index is 0.195. The van der Waals surface area contributed by atoms with E-state index in [2.05, 4.69) is 0 Å². The number of nitrogens with zero attached hydrogens (tertiary/aromatic N) is 1. The quantitative estimate of drug-likeness (QED) is 0.549. The summed E-state index contributed by atoms with van der Waals surface area (Å²) in [4.78, 5) is 24.5. The van der Waals surface area contributed by atoms with E-state index in [-0.39, 0.29) is 18.4 Å². The second-order valence-electron chi connectivity index (χ2n) is 7.01. The maximum atomic E-state index is 12.4. The molecular formula is C21H23NO5S. The molecule has 0 radical (unpaired) electrons. The average molecular weight is 401 g/mol. The first kappa shape index (κ1) is 20.1. The number of benzene rings is 2. The number of carbonyl (C=O) groups is 2. The molecule has 0 saturated heterocycles. The van der Waals surface area contributed by atoms with E-state index in [0.29, 0.717) is 23.2 Å². The summed E-state index contributed by atoms with van der Waals surface area (Å²) in [5.41, 5.74) is 3.31. The fraction of sp³-hybridized carbons (Fsp3) is 0.333. The molecule has 0 unspecified atom stereocenters. The van der Waals surface area contributed by atoms with Crippen LogP contribution in [0.2, 0.25) is 0 Å². The van der Waals surface area contributed by atoms with Gasteiger partial charge < -0.3 is 4.74 Å². The van der Waals surface area contributed by atoms with Crippen LogP contribution in [-0.2, 0) is 27.6 Å². The van der Waals surface area contributed by atoms with Gasteiger partial charge in [0, 0.05) is 11.6 Å². The standard InChI is InChI=1S/C21H23NO5S/c1-4-15-5-7-16(8-6-15)21(24)27-13-20(23)17-9-10-19-18(12-17)11-14(2)22(19)28(3,25)26/h5-10,12,14H,4,11,13H2,1-3H3/t14-/m1/s1. The Morgan fingerprint density at radius 3 is 2.36 bits per heavy atom. The Balaban J connectivity index is 1.69. The molecule has 3 rings (SSSR count). The van der Waals surface area contributed by atoms with Crippen LogP contribution in [0.1, 0.15) is 45.7 Å². The Morgan fingerprint density at radius 1 is 1.11 bits per heavy atom. The van der Waals surface area contributed by atoms with Crippen LogP contribution in [0.3, 0.4) is 0 Å². The van der Waals surface area contributed by atoms with Gasteiger partial charge in [0.25, 0.3) is 0 Å². The van der Waals surface area contributed by atoms with Gasteiger partial charge in [-0.1, -0.05) is 19.1 Å². The van der Waals surface area contributed by atoms with E-state index in [1.165, 1.54) is 10.6 Å². The van der Waals surface area contributed by atoms with E-state index in [4.69, 9.17) is 4.74 Å². The maximum absolute atomic E-state index is 12.4. The lowest BCUT2D eigenvalue weighted by atomic mass is 10.0. The van der Waals surface area contributed by atoms with Crippen LogP contribution in [0.5, 0.6) is 0 Å². The number of ether oxygens (including phenoxy) is 1. The van der Waals surface area contributed by atoms with Gasteiger partial charge in [-0.25, -0.2) is 13.2 Å². The number of fused-ring (bicyclic) bond motifs is 1. The van der Waals surface area contributed by atoms with Crippen LogP contribution in [-0.4, -0.2) is 39.1 Å². The number of Topliss-reactive ketones (excluding diaryl/α,β-unsaturated/α-hetero) is 1. The summed E-state index contributed by atoms with van der Waals surface area (Å²) in [6, 6.07) is 11.8. The van der Waals surface area contributed by atoms with Gasteiger partial charge in [-0.3, -0.25) is 9.10 Å². The number of carbonyl (C=O) groups excluding carboxylic acids is 2. The fourth-order valence-corrected chi connectivity index (χ4v) is 4.72. The molecule has 0 aliphatic carbocycles. The van der Waals surface area contributed by atoms with Crippen LogP contribution in [0.25, 0.3) is 0 Å². The van der Waals surface area contributed by atoms with E-state index in [1.54, 1.807) is 30.3 Å². The van der Waals surface area contributed by atoms with Crippen molar-refractivity contribution in [3.63, 3.8) is 0 Å². The first-order valence-electron chi connectivity index (χ1n) is 9.12. The minimum atomic E-state index is -3.38. The number of rotatable bonds is 6. The number of anilines is 1. The van der Waals surface area contributed by atoms with Crippen LogP contribution < -0.4 is 4.31 Å². The predicted molar refractivity (Wildman–Crippen MR) is 107 cm³/mol. The Kier molecular flexibility index (Phi) is 5.56. The van der Waals surface area contributed by atoms with Crippen molar-refractivity contribution in [3.8, 4) is 0 Å². The van der Waals surface area contributed by atoms with E-state index < -0.39 is 16.0 Å². The molecule has 7 heteroatoms. The second kappa shape index (κ2) is 7.75. The average Bonchev–Trinajstić information content (AvgIpc) is 3.00. The zero-order valence-corrected chi connectivity index (χ0v) is 17.0. The second-order valence-corrected chi connectivity index (χ2v) is 8.86. The molecule has 0 N–H and O–H groups in total. The number of ketones is 1. The molecule has 28 heavy (non-hydrogen) atoms. The lowest BCUT2D eigenvalue weighted by molar-refractivity contribution is 0.0474. The fourth-order valence-electron chi connectivity index (χ4n) is 3.46. The zero-order valence-electron chi connectivity index (χ0n) is 16.1. The summed E-state index contributed by atoms with van der Waals surface area (Å²) in [5, 5.41) is 0. The van der Waals surface area contributed by atoms with Crippen LogP contribution >= 0.6 is 0 Å². The lowest BCUT2D eigenvalue weighted by Crippen LogP contribution is -2.34. The summed E-state index contributed by atoms with van der Waals surface area (Å²) in [7, 11) is -3.38. The Hall–Kier alpha value is -2.67. The smallest absolute Gasteiger partial charge is 0.338 e. The first-order valence-corrected chi connectivity index (χ1v) is 11.0. The van der Waals surface area contributed by atoms with Crippen molar-refractivity contribution >= 4 is 27.5 Å². The summed E-state index contributed by atoms with van der Waals surface area (Å²) in [6.45, 7) is 3.49. The van der Waals surface area contributed by atoms with Crippen molar-refractivity contribution in [3.05, 3.63) is 64.7 Å². The summed E-state index contributed by atoms with van der Waals surface area (Å²) < 4.78 is 30.5. The Morgan fingerprint density at radius 2 is 1.75 bits per heavy atom. The Bertz CT molecular complexity index is 1010. The molecule has 0 aromatic heterocycles.